The molecule has 2 rings (SSSR count). The molecule has 0 amide bonds. The van der Waals surface area contributed by atoms with Gasteiger partial charge in [0.05, 0.1) is 0 Å². The van der Waals surface area contributed by atoms with Crippen LogP contribution in [0.25, 0.3) is 0 Å². The van der Waals surface area contributed by atoms with Crippen molar-refractivity contribution < 1.29 is 9.53 Å². The summed E-state index contributed by atoms with van der Waals surface area (Å²) in [6.45, 7) is 6.41. The minimum Gasteiger partial charge on any atom is -0.492 e. The van der Waals surface area contributed by atoms with E-state index in [0.29, 0.717) is 5.56 Å². The van der Waals surface area contributed by atoms with Crippen LogP contribution in [0.2, 0.25) is 0 Å². The van der Waals surface area contributed by atoms with Gasteiger partial charge in [0.1, 0.15) is 18.6 Å². The summed E-state index contributed by atoms with van der Waals surface area (Å²) in [5.41, 5.74) is 0.687. The van der Waals surface area contributed by atoms with E-state index in [2.05, 4.69) is 11.8 Å². The Morgan fingerprint density at radius 3 is 2.56 bits per heavy atom. The summed E-state index contributed by atoms with van der Waals surface area (Å²) in [4.78, 5) is 13.0. The fourth-order valence-corrected chi connectivity index (χ4v) is 2.22. The Morgan fingerprint density at radius 2 is 1.94 bits per heavy atom. The molecule has 3 nitrogen and oxygen atoms in total. The second kappa shape index (κ2) is 6.55. The van der Waals surface area contributed by atoms with E-state index >= 15 is 0 Å². The molecule has 1 aliphatic rings. The first kappa shape index (κ1) is 13.1. The summed E-state index contributed by atoms with van der Waals surface area (Å²) in [5.74, 6) is 1.71. The zero-order chi connectivity index (χ0) is 12.8. The molecular formula is C15H21NO2. The number of aldehydes is 1. The van der Waals surface area contributed by atoms with E-state index in [-0.39, 0.29) is 0 Å². The highest BCUT2D eigenvalue weighted by Crippen LogP contribution is 2.16. The Morgan fingerprint density at radius 1 is 1.28 bits per heavy atom. The average Bonchev–Trinajstić information content (AvgIpc) is 2.42. The van der Waals surface area contributed by atoms with Crippen LogP contribution in [0.4, 0.5) is 0 Å². The molecule has 3 heteroatoms. The Labute approximate surface area is 109 Å². The predicted molar refractivity (Wildman–Crippen MR) is 72.2 cm³/mol. The van der Waals surface area contributed by atoms with Gasteiger partial charge in [-0.25, -0.2) is 0 Å². The number of hydrogen-bond donors (Lipinski definition) is 0. The van der Waals surface area contributed by atoms with Gasteiger partial charge in [-0.05, 0) is 56.1 Å². The van der Waals surface area contributed by atoms with Crippen LogP contribution in [0.15, 0.2) is 24.3 Å². The number of likely N-dealkylation sites (tertiary alicyclic amines) is 1. The Hall–Kier alpha value is -1.35. The molecule has 0 N–H and O–H groups in total. The van der Waals surface area contributed by atoms with Crippen molar-refractivity contribution in [3.8, 4) is 5.75 Å². The molecule has 0 bridgehead atoms. The van der Waals surface area contributed by atoms with E-state index in [9.17, 15) is 4.79 Å². The molecular weight excluding hydrogens is 226 g/mol. The number of carbonyl (C=O) groups is 1. The molecule has 1 saturated heterocycles. The molecule has 0 saturated carbocycles. The number of carbonyl (C=O) groups excluding carboxylic acids is 1. The van der Waals surface area contributed by atoms with Crippen LogP contribution in [0.3, 0.4) is 0 Å². The lowest BCUT2D eigenvalue weighted by molar-refractivity contribution is 0.112. The van der Waals surface area contributed by atoms with Crippen molar-refractivity contribution in [3.63, 3.8) is 0 Å². The largest absolute Gasteiger partial charge is 0.492 e. The number of benzene rings is 1. The first-order valence-electron chi connectivity index (χ1n) is 6.68. The zero-order valence-corrected chi connectivity index (χ0v) is 11.0. The number of piperidine rings is 1. The van der Waals surface area contributed by atoms with E-state index in [1.54, 1.807) is 12.1 Å². The topological polar surface area (TPSA) is 29.5 Å². The predicted octanol–water partition coefficient (Wildman–Crippen LogP) is 2.61. The van der Waals surface area contributed by atoms with Crippen LogP contribution in [0.1, 0.15) is 30.1 Å². The lowest BCUT2D eigenvalue weighted by Crippen LogP contribution is -2.35. The van der Waals surface area contributed by atoms with Crippen molar-refractivity contribution in [1.29, 1.82) is 0 Å². The zero-order valence-electron chi connectivity index (χ0n) is 11.0. The number of nitrogens with zero attached hydrogens (tertiary/aromatic N) is 1. The fraction of sp³-hybridized carbons (Fsp3) is 0.533. The number of ether oxygens (including phenoxy) is 1. The second-order valence-electron chi connectivity index (χ2n) is 5.06. The van der Waals surface area contributed by atoms with Gasteiger partial charge < -0.3 is 4.74 Å². The Balaban J connectivity index is 1.69. The molecule has 18 heavy (non-hydrogen) atoms. The summed E-state index contributed by atoms with van der Waals surface area (Å²) >= 11 is 0. The van der Waals surface area contributed by atoms with Gasteiger partial charge in [-0.15, -0.1) is 0 Å². The summed E-state index contributed by atoms with van der Waals surface area (Å²) in [6.07, 6.45) is 3.45. The minimum atomic E-state index is 0.687. The van der Waals surface area contributed by atoms with Gasteiger partial charge in [0.25, 0.3) is 0 Å². The van der Waals surface area contributed by atoms with Gasteiger partial charge in [0.2, 0.25) is 0 Å². The summed E-state index contributed by atoms with van der Waals surface area (Å²) in [5, 5.41) is 0. The van der Waals surface area contributed by atoms with Gasteiger partial charge in [0, 0.05) is 12.1 Å². The first-order valence-corrected chi connectivity index (χ1v) is 6.68. The molecule has 0 unspecified atom stereocenters. The Kier molecular flexibility index (Phi) is 4.76. The molecule has 0 radical (unpaired) electrons. The molecule has 0 spiro atoms. The standard InChI is InChI=1S/C15H21NO2/c1-13-6-8-16(9-7-13)10-11-18-15-4-2-14(12-17)3-5-15/h2-5,12-13H,6-11H2,1H3. The normalized spacial score (nSPS) is 17.6. The molecule has 1 aromatic rings. The van der Waals surface area contributed by atoms with Crippen molar-refractivity contribution in [2.45, 2.75) is 19.8 Å². The summed E-state index contributed by atoms with van der Waals surface area (Å²) in [7, 11) is 0. The lowest BCUT2D eigenvalue weighted by atomic mass is 9.99. The molecule has 0 aliphatic carbocycles. The SMILES string of the molecule is CC1CCN(CCOc2ccc(C=O)cc2)CC1. The number of rotatable bonds is 5. The third-order valence-corrected chi connectivity index (χ3v) is 3.57. The van der Waals surface area contributed by atoms with Gasteiger partial charge in [-0.1, -0.05) is 6.92 Å². The number of hydrogen-bond acceptors (Lipinski definition) is 3. The van der Waals surface area contributed by atoms with Gasteiger partial charge in [0.15, 0.2) is 0 Å². The molecule has 1 heterocycles. The van der Waals surface area contributed by atoms with Crippen molar-refractivity contribution in [3.05, 3.63) is 29.8 Å². The van der Waals surface area contributed by atoms with Crippen molar-refractivity contribution >= 4 is 6.29 Å². The molecule has 0 aromatic heterocycles. The quantitative estimate of drug-likeness (QED) is 0.749. The smallest absolute Gasteiger partial charge is 0.150 e. The Bertz CT molecular complexity index is 367. The highest BCUT2D eigenvalue weighted by Gasteiger charge is 2.14. The van der Waals surface area contributed by atoms with E-state index in [0.717, 1.165) is 31.1 Å². The van der Waals surface area contributed by atoms with Crippen LogP contribution in [0, 0.1) is 5.92 Å². The molecule has 1 aromatic carbocycles. The molecule has 1 aliphatic heterocycles. The summed E-state index contributed by atoms with van der Waals surface area (Å²) in [6, 6.07) is 7.26. The first-order chi connectivity index (χ1) is 8.78. The van der Waals surface area contributed by atoms with Crippen LogP contribution < -0.4 is 4.74 Å². The fourth-order valence-electron chi connectivity index (χ4n) is 2.22. The van der Waals surface area contributed by atoms with E-state index in [1.807, 2.05) is 12.1 Å². The lowest BCUT2D eigenvalue weighted by Gasteiger charge is -2.29. The van der Waals surface area contributed by atoms with E-state index in [4.69, 9.17) is 4.74 Å². The molecule has 98 valence electrons. The third kappa shape index (κ3) is 3.84. The van der Waals surface area contributed by atoms with Crippen LogP contribution in [-0.4, -0.2) is 37.4 Å². The van der Waals surface area contributed by atoms with Gasteiger partial charge >= 0.3 is 0 Å². The monoisotopic (exact) mass is 247 g/mol. The third-order valence-electron chi connectivity index (χ3n) is 3.57. The van der Waals surface area contributed by atoms with Crippen LogP contribution in [0.5, 0.6) is 5.75 Å². The van der Waals surface area contributed by atoms with Gasteiger partial charge in [-0.2, -0.15) is 0 Å². The van der Waals surface area contributed by atoms with Crippen molar-refractivity contribution in [2.75, 3.05) is 26.2 Å². The van der Waals surface area contributed by atoms with Crippen LogP contribution in [-0.2, 0) is 0 Å². The highest BCUT2D eigenvalue weighted by molar-refractivity contribution is 5.74. The molecule has 0 atom stereocenters. The highest BCUT2D eigenvalue weighted by atomic mass is 16.5. The molecule has 1 fully saturated rings. The van der Waals surface area contributed by atoms with Crippen molar-refractivity contribution in [1.82, 2.24) is 4.90 Å². The second-order valence-corrected chi connectivity index (χ2v) is 5.06. The maximum Gasteiger partial charge on any atom is 0.150 e. The van der Waals surface area contributed by atoms with E-state index < -0.39 is 0 Å². The maximum absolute atomic E-state index is 10.5. The summed E-state index contributed by atoms with van der Waals surface area (Å²) < 4.78 is 5.68. The maximum atomic E-state index is 10.5. The van der Waals surface area contributed by atoms with Crippen molar-refractivity contribution in [2.24, 2.45) is 5.92 Å². The van der Waals surface area contributed by atoms with Gasteiger partial charge in [-0.3, -0.25) is 9.69 Å². The van der Waals surface area contributed by atoms with Crippen LogP contribution >= 0.6 is 0 Å². The van der Waals surface area contributed by atoms with E-state index in [1.165, 1.54) is 25.9 Å². The minimum absolute atomic E-state index is 0.687. The average molecular weight is 247 g/mol.